The molecule has 0 aliphatic carbocycles. The normalized spacial score (nSPS) is 12.9. The molecular weight excluding hydrogens is 428 g/mol. The summed E-state index contributed by atoms with van der Waals surface area (Å²) in [6, 6.07) is 4.51. The Balaban J connectivity index is 2.52. The molecule has 1 atom stereocenters. The molecule has 0 bridgehead atoms. The Morgan fingerprint density at radius 3 is 2.41 bits per heavy atom. The highest BCUT2D eigenvalue weighted by Crippen LogP contribution is 2.40. The van der Waals surface area contributed by atoms with Crippen LogP contribution in [0.4, 0.5) is 26.3 Å². The second-order valence-electron chi connectivity index (χ2n) is 5.34. The van der Waals surface area contributed by atoms with E-state index in [0.717, 1.165) is 37.1 Å². The molecule has 1 aromatic carbocycles. The highest BCUT2D eigenvalue weighted by Gasteiger charge is 2.59. The maximum atomic E-state index is 13.5. The summed E-state index contributed by atoms with van der Waals surface area (Å²) in [5, 5.41) is 9.33. The van der Waals surface area contributed by atoms with Crippen LogP contribution in [-0.4, -0.2) is 41.8 Å². The SMILES string of the molecule is COc1cc(-c2nc(SC)[nH]c(=O)c2C#N)ccc1OC(F)(F)C(F)C(F)(F)F. The van der Waals surface area contributed by atoms with Crippen LogP contribution in [0.15, 0.2) is 28.2 Å². The number of hydrogen-bond acceptors (Lipinski definition) is 6. The second-order valence-corrected chi connectivity index (χ2v) is 6.14. The molecule has 0 amide bonds. The molecule has 0 aliphatic rings. The third kappa shape index (κ3) is 4.76. The third-order valence-electron chi connectivity index (χ3n) is 3.47. The van der Waals surface area contributed by atoms with E-state index in [9.17, 15) is 36.4 Å². The summed E-state index contributed by atoms with van der Waals surface area (Å²) < 4.78 is 85.7. The zero-order chi connectivity index (χ0) is 22.0. The Hall–Kier alpha value is -2.88. The molecule has 0 saturated carbocycles. The van der Waals surface area contributed by atoms with Crippen LogP contribution >= 0.6 is 11.8 Å². The minimum atomic E-state index is -5.85. The van der Waals surface area contributed by atoms with Crippen molar-refractivity contribution in [1.29, 1.82) is 5.26 Å². The van der Waals surface area contributed by atoms with Crippen LogP contribution in [0.3, 0.4) is 0 Å². The average Bonchev–Trinajstić information content (AvgIpc) is 2.65. The lowest BCUT2D eigenvalue weighted by Gasteiger charge is -2.24. The second kappa shape index (κ2) is 8.24. The fourth-order valence-electron chi connectivity index (χ4n) is 2.15. The van der Waals surface area contributed by atoms with E-state index in [1.807, 2.05) is 0 Å². The zero-order valence-electron chi connectivity index (χ0n) is 14.6. The van der Waals surface area contributed by atoms with Gasteiger partial charge in [0.05, 0.1) is 12.8 Å². The summed E-state index contributed by atoms with van der Waals surface area (Å²) in [6.07, 6.45) is -14.0. The van der Waals surface area contributed by atoms with Crippen molar-refractivity contribution in [3.8, 4) is 28.8 Å². The summed E-state index contributed by atoms with van der Waals surface area (Å²) in [5.41, 5.74) is -1.19. The van der Waals surface area contributed by atoms with Crippen LogP contribution < -0.4 is 15.0 Å². The minimum absolute atomic E-state index is 0.0584. The van der Waals surface area contributed by atoms with Gasteiger partial charge in [0.2, 0.25) is 0 Å². The number of nitrogens with one attached hydrogen (secondary N) is 1. The van der Waals surface area contributed by atoms with Crippen LogP contribution in [0, 0.1) is 11.3 Å². The number of benzene rings is 1. The largest absolute Gasteiger partial charge is 0.493 e. The molecule has 2 aromatic rings. The first kappa shape index (κ1) is 22.4. The maximum absolute atomic E-state index is 13.5. The monoisotopic (exact) mass is 439 g/mol. The van der Waals surface area contributed by atoms with E-state index in [1.54, 1.807) is 12.3 Å². The predicted molar refractivity (Wildman–Crippen MR) is 89.9 cm³/mol. The predicted octanol–water partition coefficient (Wildman–Crippen LogP) is 3.91. The number of H-pyrrole nitrogens is 1. The van der Waals surface area contributed by atoms with Crippen molar-refractivity contribution in [2.24, 2.45) is 0 Å². The van der Waals surface area contributed by atoms with Gasteiger partial charge in [-0.1, -0.05) is 11.8 Å². The molecule has 2 rings (SSSR count). The van der Waals surface area contributed by atoms with Gasteiger partial charge in [-0.15, -0.1) is 0 Å². The van der Waals surface area contributed by atoms with Gasteiger partial charge in [0, 0.05) is 5.56 Å². The minimum Gasteiger partial charge on any atom is -0.493 e. The first-order valence-corrected chi connectivity index (χ1v) is 8.71. The summed E-state index contributed by atoms with van der Waals surface area (Å²) in [5.74, 6) is -1.38. The van der Waals surface area contributed by atoms with Gasteiger partial charge in [-0.25, -0.2) is 9.37 Å². The lowest BCUT2D eigenvalue weighted by molar-refractivity contribution is -0.305. The Kier molecular flexibility index (Phi) is 6.37. The number of aromatic amines is 1. The molecular formula is C16H11F6N3O3S. The van der Waals surface area contributed by atoms with Gasteiger partial charge >= 0.3 is 12.3 Å². The van der Waals surface area contributed by atoms with Crippen LogP contribution in [0.25, 0.3) is 11.3 Å². The summed E-state index contributed by atoms with van der Waals surface area (Å²) in [4.78, 5) is 18.4. The van der Waals surface area contributed by atoms with Crippen molar-refractivity contribution in [3.05, 3.63) is 34.1 Å². The fourth-order valence-corrected chi connectivity index (χ4v) is 2.53. The van der Waals surface area contributed by atoms with Gasteiger partial charge in [0.25, 0.3) is 11.7 Å². The smallest absolute Gasteiger partial charge is 0.439 e. The van der Waals surface area contributed by atoms with Crippen molar-refractivity contribution in [2.75, 3.05) is 13.4 Å². The lowest BCUT2D eigenvalue weighted by atomic mass is 10.1. The van der Waals surface area contributed by atoms with E-state index < -0.39 is 35.5 Å². The van der Waals surface area contributed by atoms with Crippen LogP contribution in [0.2, 0.25) is 0 Å². The number of halogens is 6. The van der Waals surface area contributed by atoms with E-state index in [0.29, 0.717) is 0 Å². The number of ether oxygens (including phenoxy) is 2. The fraction of sp³-hybridized carbons (Fsp3) is 0.312. The van der Waals surface area contributed by atoms with Crippen molar-refractivity contribution in [3.63, 3.8) is 0 Å². The summed E-state index contributed by atoms with van der Waals surface area (Å²) in [6.45, 7) is 0. The van der Waals surface area contributed by atoms with Crippen molar-refractivity contribution < 1.29 is 35.8 Å². The first-order chi connectivity index (χ1) is 13.4. The number of nitrogens with zero attached hydrogens (tertiary/aromatic N) is 2. The van der Waals surface area contributed by atoms with E-state index in [-0.39, 0.29) is 22.0 Å². The van der Waals surface area contributed by atoms with Crippen LogP contribution in [0.5, 0.6) is 11.5 Å². The molecule has 0 radical (unpaired) electrons. The standard InChI is InChI=1S/C16H11F6N3O3S/c1-27-10-5-7(11-8(6-23)12(26)25-14(24-11)29-2)3-4-9(10)28-16(21,22)13(17)15(18,19)20/h3-5,13H,1-2H3,(H,24,25,26). The average molecular weight is 439 g/mol. The highest BCUT2D eigenvalue weighted by atomic mass is 32.2. The first-order valence-electron chi connectivity index (χ1n) is 7.49. The third-order valence-corrected chi connectivity index (χ3v) is 4.05. The molecule has 1 heterocycles. The number of rotatable bonds is 6. The Morgan fingerprint density at radius 2 is 1.90 bits per heavy atom. The summed E-state index contributed by atoms with van der Waals surface area (Å²) in [7, 11) is 1.00. The molecule has 29 heavy (non-hydrogen) atoms. The Labute approximate surface area is 163 Å². The zero-order valence-corrected chi connectivity index (χ0v) is 15.4. The molecule has 156 valence electrons. The van der Waals surface area contributed by atoms with Crippen LogP contribution in [-0.2, 0) is 0 Å². The number of nitriles is 1. The number of thioether (sulfide) groups is 1. The highest BCUT2D eigenvalue weighted by molar-refractivity contribution is 7.98. The van der Waals surface area contributed by atoms with E-state index >= 15 is 0 Å². The molecule has 13 heteroatoms. The topological polar surface area (TPSA) is 88.0 Å². The number of hydrogen-bond donors (Lipinski definition) is 1. The molecule has 0 aliphatic heterocycles. The van der Waals surface area contributed by atoms with Gasteiger partial charge in [-0.3, -0.25) is 4.79 Å². The molecule has 0 spiro atoms. The number of aromatic nitrogens is 2. The Morgan fingerprint density at radius 1 is 1.24 bits per heavy atom. The van der Waals surface area contributed by atoms with Gasteiger partial charge in [0.15, 0.2) is 16.7 Å². The van der Waals surface area contributed by atoms with E-state index in [1.165, 1.54) is 0 Å². The molecule has 1 aromatic heterocycles. The van der Waals surface area contributed by atoms with Crippen molar-refractivity contribution >= 4 is 11.8 Å². The van der Waals surface area contributed by atoms with Gasteiger partial charge in [0.1, 0.15) is 11.6 Å². The lowest BCUT2D eigenvalue weighted by Crippen LogP contribution is -2.45. The molecule has 0 fully saturated rings. The van der Waals surface area contributed by atoms with Crippen molar-refractivity contribution in [1.82, 2.24) is 9.97 Å². The molecule has 1 unspecified atom stereocenters. The summed E-state index contributed by atoms with van der Waals surface area (Å²) >= 11 is 1.06. The van der Waals surface area contributed by atoms with Crippen molar-refractivity contribution in [2.45, 2.75) is 23.6 Å². The molecule has 6 nitrogen and oxygen atoms in total. The number of methoxy groups -OCH3 is 1. The van der Waals surface area contributed by atoms with E-state index in [4.69, 9.17) is 4.74 Å². The number of alkyl halides is 6. The molecule has 0 saturated heterocycles. The molecule has 1 N–H and O–H groups in total. The maximum Gasteiger partial charge on any atom is 0.439 e. The Bertz CT molecular complexity index is 1000. The van der Waals surface area contributed by atoms with Gasteiger partial charge in [-0.2, -0.15) is 27.2 Å². The van der Waals surface area contributed by atoms with Gasteiger partial charge < -0.3 is 14.5 Å². The van der Waals surface area contributed by atoms with Gasteiger partial charge in [-0.05, 0) is 24.5 Å². The van der Waals surface area contributed by atoms with E-state index in [2.05, 4.69) is 14.7 Å². The van der Waals surface area contributed by atoms with Crippen LogP contribution in [0.1, 0.15) is 5.56 Å². The quantitative estimate of drug-likeness (QED) is 0.417.